The molecule has 1 N–H and O–H groups in total. The van der Waals surface area contributed by atoms with E-state index in [9.17, 15) is 19.2 Å². The number of imide groups is 1. The minimum absolute atomic E-state index is 0.117. The van der Waals surface area contributed by atoms with Gasteiger partial charge < -0.3 is 19.6 Å². The van der Waals surface area contributed by atoms with Gasteiger partial charge in [-0.2, -0.15) is 0 Å². The van der Waals surface area contributed by atoms with Gasteiger partial charge in [-0.15, -0.1) is 0 Å². The molecule has 210 valence electrons. The van der Waals surface area contributed by atoms with E-state index in [4.69, 9.17) is 0 Å². The second-order valence-corrected chi connectivity index (χ2v) is 12.2. The van der Waals surface area contributed by atoms with E-state index >= 15 is 0 Å². The number of carbonyl (C=O) groups excluding carboxylic acids is 4. The third-order valence-electron chi connectivity index (χ3n) is 9.67. The van der Waals surface area contributed by atoms with Gasteiger partial charge in [-0.25, -0.2) is 4.79 Å². The van der Waals surface area contributed by atoms with Crippen LogP contribution in [0.15, 0.2) is 18.2 Å². The number of rotatable bonds is 4. The van der Waals surface area contributed by atoms with Gasteiger partial charge in [0.1, 0.15) is 6.04 Å². The second-order valence-electron chi connectivity index (χ2n) is 12.2. The zero-order valence-corrected chi connectivity index (χ0v) is 22.9. The van der Waals surface area contributed by atoms with Crippen LogP contribution in [0, 0.1) is 11.8 Å². The molecule has 1 atom stereocenters. The molecule has 9 nitrogen and oxygen atoms in total. The Hall–Kier alpha value is -3.10. The lowest BCUT2D eigenvalue weighted by Crippen LogP contribution is -2.52. The molecule has 1 aromatic carbocycles. The first-order chi connectivity index (χ1) is 19.0. The first-order valence-corrected chi connectivity index (χ1v) is 15.0. The molecule has 1 unspecified atom stereocenters. The van der Waals surface area contributed by atoms with Crippen LogP contribution in [0.5, 0.6) is 0 Å². The number of likely N-dealkylation sites (tertiary alicyclic amines) is 2. The maximum Gasteiger partial charge on any atom is 0.319 e. The quantitative estimate of drug-likeness (QED) is 0.597. The van der Waals surface area contributed by atoms with Crippen molar-refractivity contribution in [2.24, 2.45) is 11.8 Å². The minimum Gasteiger partial charge on any atom is -0.372 e. The maximum atomic E-state index is 13.0. The van der Waals surface area contributed by atoms with Crippen molar-refractivity contribution >= 4 is 29.4 Å². The summed E-state index contributed by atoms with van der Waals surface area (Å²) in [6.07, 6.45) is 10.1. The predicted octanol–water partition coefficient (Wildman–Crippen LogP) is 3.37. The summed E-state index contributed by atoms with van der Waals surface area (Å²) in [6.45, 7) is 6.11. The highest BCUT2D eigenvalue weighted by Crippen LogP contribution is 2.34. The average molecular weight is 536 g/mol. The molecule has 9 heteroatoms. The van der Waals surface area contributed by atoms with Gasteiger partial charge >= 0.3 is 6.03 Å². The molecule has 5 aliphatic rings. The highest BCUT2D eigenvalue weighted by molar-refractivity contribution is 6.05. The van der Waals surface area contributed by atoms with Gasteiger partial charge in [-0.3, -0.25) is 19.7 Å². The topological polar surface area (TPSA) is 93.3 Å². The highest BCUT2D eigenvalue weighted by atomic mass is 16.2. The monoisotopic (exact) mass is 535 g/mol. The lowest BCUT2D eigenvalue weighted by molar-refractivity contribution is -0.136. The zero-order chi connectivity index (χ0) is 26.9. The Morgan fingerprint density at radius 1 is 0.821 bits per heavy atom. The van der Waals surface area contributed by atoms with E-state index in [1.54, 1.807) is 4.90 Å². The van der Waals surface area contributed by atoms with Gasteiger partial charge in [0.15, 0.2) is 0 Å². The molecule has 0 bridgehead atoms. The molecule has 0 radical (unpaired) electrons. The molecule has 0 spiro atoms. The number of anilines is 1. The number of fused-ring (bicyclic) bond motifs is 1. The van der Waals surface area contributed by atoms with Crippen LogP contribution in [0.4, 0.5) is 10.5 Å². The molecular weight excluding hydrogens is 494 g/mol. The first-order valence-electron chi connectivity index (χ1n) is 15.0. The molecule has 5 aliphatic heterocycles. The van der Waals surface area contributed by atoms with Crippen molar-refractivity contribution in [1.29, 1.82) is 0 Å². The molecule has 5 amide bonds. The number of carbonyl (C=O) groups is 4. The summed E-state index contributed by atoms with van der Waals surface area (Å²) < 4.78 is 0. The third-order valence-corrected chi connectivity index (χ3v) is 9.67. The molecule has 6 rings (SSSR count). The molecule has 0 aliphatic carbocycles. The number of hydrogen-bond donors (Lipinski definition) is 1. The molecule has 0 saturated carbocycles. The number of amides is 5. The van der Waals surface area contributed by atoms with Crippen LogP contribution in [-0.4, -0.2) is 83.8 Å². The Balaban J connectivity index is 0.976. The summed E-state index contributed by atoms with van der Waals surface area (Å²) in [7, 11) is 0. The summed E-state index contributed by atoms with van der Waals surface area (Å²) in [4.78, 5) is 57.9. The number of urea groups is 1. The Morgan fingerprint density at radius 3 is 2.18 bits per heavy atom. The van der Waals surface area contributed by atoms with E-state index < -0.39 is 6.04 Å². The van der Waals surface area contributed by atoms with Crippen LogP contribution in [0.3, 0.4) is 0 Å². The van der Waals surface area contributed by atoms with Gasteiger partial charge in [0.2, 0.25) is 11.8 Å². The van der Waals surface area contributed by atoms with Crippen molar-refractivity contribution in [2.45, 2.75) is 76.8 Å². The summed E-state index contributed by atoms with van der Waals surface area (Å²) in [5, 5.41) is 2.37. The second kappa shape index (κ2) is 11.2. The fraction of sp³-hybridized carbons (Fsp3) is 0.667. The van der Waals surface area contributed by atoms with Crippen LogP contribution < -0.4 is 10.2 Å². The molecular formula is C30H41N5O4. The van der Waals surface area contributed by atoms with Crippen LogP contribution in [-0.2, 0) is 16.1 Å². The molecule has 4 saturated heterocycles. The Labute approximate surface area is 230 Å². The van der Waals surface area contributed by atoms with Crippen molar-refractivity contribution in [3.63, 3.8) is 0 Å². The number of piperidine rings is 4. The van der Waals surface area contributed by atoms with E-state index in [-0.39, 0.29) is 30.2 Å². The van der Waals surface area contributed by atoms with Gasteiger partial charge in [0, 0.05) is 63.5 Å². The summed E-state index contributed by atoms with van der Waals surface area (Å²) in [5.74, 6) is 0.702. The molecule has 0 aromatic heterocycles. The fourth-order valence-corrected chi connectivity index (χ4v) is 7.30. The van der Waals surface area contributed by atoms with Crippen LogP contribution in [0.25, 0.3) is 0 Å². The lowest BCUT2D eigenvalue weighted by atomic mass is 9.82. The smallest absolute Gasteiger partial charge is 0.319 e. The average Bonchev–Trinajstić information content (AvgIpc) is 3.29. The summed E-state index contributed by atoms with van der Waals surface area (Å²) >= 11 is 0. The van der Waals surface area contributed by atoms with E-state index in [2.05, 4.69) is 26.1 Å². The number of benzene rings is 1. The van der Waals surface area contributed by atoms with E-state index in [1.165, 1.54) is 25.7 Å². The predicted molar refractivity (Wildman–Crippen MR) is 147 cm³/mol. The fourth-order valence-electron chi connectivity index (χ4n) is 7.30. The van der Waals surface area contributed by atoms with Crippen molar-refractivity contribution in [2.75, 3.05) is 44.2 Å². The van der Waals surface area contributed by atoms with Crippen LogP contribution >= 0.6 is 0 Å². The van der Waals surface area contributed by atoms with Crippen molar-refractivity contribution in [3.8, 4) is 0 Å². The largest absolute Gasteiger partial charge is 0.372 e. The number of nitrogens with zero attached hydrogens (tertiary/aromatic N) is 4. The van der Waals surface area contributed by atoms with Crippen LogP contribution in [0.2, 0.25) is 0 Å². The maximum absolute atomic E-state index is 13.0. The van der Waals surface area contributed by atoms with Gasteiger partial charge in [0.05, 0.1) is 0 Å². The van der Waals surface area contributed by atoms with E-state index in [0.717, 1.165) is 88.0 Å². The molecule has 4 fully saturated rings. The van der Waals surface area contributed by atoms with E-state index in [0.29, 0.717) is 18.5 Å². The minimum atomic E-state index is -0.573. The normalized spacial score (nSPS) is 25.2. The van der Waals surface area contributed by atoms with Crippen molar-refractivity contribution in [3.05, 3.63) is 29.3 Å². The SMILES string of the molecule is O=C1CCC(N2Cc3cc(N4CCC(CC5CCN(C(=O)N6CCCCC6)CC5)CC4)ccc3C2=O)C(=O)N1. The standard InChI is InChI=1S/C30H41N5O4/c36-27-7-6-26(28(37)31-27)35-20-23-19-24(4-5-25(23)29(35)38)32-14-8-21(9-15-32)18-22-10-16-34(17-11-22)30(39)33-12-2-1-3-13-33/h4-5,19,21-22,26H,1-3,6-18,20H2,(H,31,36,37). The summed E-state index contributed by atoms with van der Waals surface area (Å²) in [5.41, 5.74) is 2.79. The third kappa shape index (κ3) is 5.50. The van der Waals surface area contributed by atoms with Gasteiger partial charge in [-0.05, 0) is 93.4 Å². The van der Waals surface area contributed by atoms with E-state index in [1.807, 2.05) is 12.1 Å². The number of hydrogen-bond acceptors (Lipinski definition) is 5. The highest BCUT2D eigenvalue weighted by Gasteiger charge is 2.39. The lowest BCUT2D eigenvalue weighted by Gasteiger charge is -2.39. The Bertz CT molecular complexity index is 1120. The van der Waals surface area contributed by atoms with Crippen molar-refractivity contribution < 1.29 is 19.2 Å². The summed E-state index contributed by atoms with van der Waals surface area (Å²) in [6, 6.07) is 5.76. The Morgan fingerprint density at radius 2 is 1.49 bits per heavy atom. The molecule has 39 heavy (non-hydrogen) atoms. The molecule has 1 aromatic rings. The Kier molecular flexibility index (Phi) is 7.49. The van der Waals surface area contributed by atoms with Gasteiger partial charge in [0.25, 0.3) is 5.91 Å². The first kappa shape index (κ1) is 26.1. The van der Waals surface area contributed by atoms with Crippen molar-refractivity contribution in [1.82, 2.24) is 20.0 Å². The van der Waals surface area contributed by atoms with Gasteiger partial charge in [-0.1, -0.05) is 0 Å². The number of nitrogens with one attached hydrogen (secondary N) is 1. The zero-order valence-electron chi connectivity index (χ0n) is 22.9. The van der Waals surface area contributed by atoms with Crippen LogP contribution in [0.1, 0.15) is 80.1 Å². The molecule has 5 heterocycles.